The molecule has 0 aromatic heterocycles. The molecular weight excluding hydrogens is 338 g/mol. The molecule has 5 nitrogen and oxygen atoms in total. The van der Waals surface area contributed by atoms with Gasteiger partial charge in [0.05, 0.1) is 18.0 Å². The van der Waals surface area contributed by atoms with E-state index >= 15 is 0 Å². The van der Waals surface area contributed by atoms with E-state index in [9.17, 15) is 9.59 Å². The van der Waals surface area contributed by atoms with Gasteiger partial charge in [0, 0.05) is 12.5 Å². The number of benzene rings is 1. The van der Waals surface area contributed by atoms with Crippen LogP contribution in [0.25, 0.3) is 0 Å². The third-order valence-electron chi connectivity index (χ3n) is 3.14. The maximum Gasteiger partial charge on any atom is 0.305 e. The molecule has 1 aromatic carbocycles. The molecule has 2 N–H and O–H groups in total. The number of hydrogen-bond acceptors (Lipinski definition) is 3. The molecule has 0 bridgehead atoms. The van der Waals surface area contributed by atoms with Gasteiger partial charge in [0.15, 0.2) is 0 Å². The predicted molar refractivity (Wildman–Crippen MR) is 83.5 cm³/mol. The van der Waals surface area contributed by atoms with Gasteiger partial charge in [-0.1, -0.05) is 13.0 Å². The van der Waals surface area contributed by atoms with Gasteiger partial charge in [0.25, 0.3) is 0 Å². The molecule has 0 aliphatic carbocycles. The van der Waals surface area contributed by atoms with E-state index in [0.29, 0.717) is 19.3 Å². The normalized spacial score (nSPS) is 11.8. The lowest BCUT2D eigenvalue weighted by Crippen LogP contribution is -2.36. The van der Waals surface area contributed by atoms with E-state index in [1.807, 2.05) is 25.1 Å². The second kappa shape index (κ2) is 8.67. The molecule has 0 aliphatic heterocycles. The summed E-state index contributed by atoms with van der Waals surface area (Å²) in [6.45, 7) is 1.86. The molecular formula is C15H20BrNO4. The van der Waals surface area contributed by atoms with Crippen LogP contribution in [0.1, 0.15) is 31.7 Å². The largest absolute Gasteiger partial charge is 0.496 e. The van der Waals surface area contributed by atoms with Crippen LogP contribution in [0, 0.1) is 0 Å². The van der Waals surface area contributed by atoms with Crippen LogP contribution in [0.15, 0.2) is 22.7 Å². The molecule has 1 rings (SSSR count). The summed E-state index contributed by atoms with van der Waals surface area (Å²) in [6.07, 6.45) is 1.48. The lowest BCUT2D eigenvalue weighted by Gasteiger charge is -2.14. The fourth-order valence-corrected chi connectivity index (χ4v) is 2.52. The zero-order valence-electron chi connectivity index (χ0n) is 12.2. The molecule has 1 aromatic rings. The highest BCUT2D eigenvalue weighted by atomic mass is 79.9. The minimum absolute atomic E-state index is 0.0453. The number of methoxy groups -OCH3 is 1. The van der Waals surface area contributed by atoms with E-state index < -0.39 is 5.97 Å². The van der Waals surface area contributed by atoms with Gasteiger partial charge < -0.3 is 15.2 Å². The zero-order valence-corrected chi connectivity index (χ0v) is 13.8. The van der Waals surface area contributed by atoms with Crippen molar-refractivity contribution in [3.8, 4) is 5.75 Å². The van der Waals surface area contributed by atoms with E-state index in [1.165, 1.54) is 0 Å². The highest BCUT2D eigenvalue weighted by Gasteiger charge is 2.14. The van der Waals surface area contributed by atoms with E-state index in [0.717, 1.165) is 15.8 Å². The maximum absolute atomic E-state index is 11.8. The molecule has 1 atom stereocenters. The van der Waals surface area contributed by atoms with Crippen molar-refractivity contribution in [2.24, 2.45) is 0 Å². The molecule has 116 valence electrons. The number of nitrogens with one attached hydrogen (secondary N) is 1. The SMILES string of the molecule is CCC(CC(=O)O)NC(=O)CCc1ccc(OC)c(Br)c1. The number of halogens is 1. The number of hydrogen-bond donors (Lipinski definition) is 2. The average Bonchev–Trinajstić information content (AvgIpc) is 2.44. The molecule has 0 spiro atoms. The van der Waals surface area contributed by atoms with Crippen molar-refractivity contribution in [3.05, 3.63) is 28.2 Å². The van der Waals surface area contributed by atoms with Crippen molar-refractivity contribution >= 4 is 27.8 Å². The van der Waals surface area contributed by atoms with Crippen LogP contribution in [0.2, 0.25) is 0 Å². The first kappa shape index (κ1) is 17.5. The van der Waals surface area contributed by atoms with E-state index in [1.54, 1.807) is 7.11 Å². The number of carbonyl (C=O) groups excluding carboxylic acids is 1. The number of carbonyl (C=O) groups is 2. The Balaban J connectivity index is 2.49. The third-order valence-corrected chi connectivity index (χ3v) is 3.76. The average molecular weight is 358 g/mol. The zero-order chi connectivity index (χ0) is 15.8. The van der Waals surface area contributed by atoms with E-state index in [-0.39, 0.29) is 18.4 Å². The number of carboxylic acid groups (broad SMARTS) is 1. The van der Waals surface area contributed by atoms with Crippen molar-refractivity contribution in [1.29, 1.82) is 0 Å². The molecule has 0 radical (unpaired) electrons. The highest BCUT2D eigenvalue weighted by molar-refractivity contribution is 9.10. The predicted octanol–water partition coefficient (Wildman–Crippen LogP) is 2.76. The summed E-state index contributed by atoms with van der Waals surface area (Å²) in [5.74, 6) is -0.285. The second-order valence-corrected chi connectivity index (χ2v) is 5.59. The number of aliphatic carboxylic acids is 1. The smallest absolute Gasteiger partial charge is 0.305 e. The monoisotopic (exact) mass is 357 g/mol. The summed E-state index contributed by atoms with van der Waals surface area (Å²) in [4.78, 5) is 22.5. The number of rotatable bonds is 8. The number of ether oxygens (including phenoxy) is 1. The molecule has 6 heteroatoms. The first-order chi connectivity index (χ1) is 9.96. The quantitative estimate of drug-likeness (QED) is 0.749. The van der Waals surface area contributed by atoms with Gasteiger partial charge in [0.1, 0.15) is 5.75 Å². The maximum atomic E-state index is 11.8. The Morgan fingerprint density at radius 3 is 2.67 bits per heavy atom. The Morgan fingerprint density at radius 1 is 1.43 bits per heavy atom. The molecule has 1 amide bonds. The van der Waals surface area contributed by atoms with Crippen LogP contribution < -0.4 is 10.1 Å². The Labute approximate surface area is 132 Å². The molecule has 0 heterocycles. The Hall–Kier alpha value is -1.56. The fraction of sp³-hybridized carbons (Fsp3) is 0.467. The second-order valence-electron chi connectivity index (χ2n) is 4.74. The van der Waals surface area contributed by atoms with Crippen molar-refractivity contribution < 1.29 is 19.4 Å². The standard InChI is InChI=1S/C15H20BrNO4/c1-3-11(9-15(19)20)17-14(18)7-5-10-4-6-13(21-2)12(16)8-10/h4,6,8,11H,3,5,7,9H2,1-2H3,(H,17,18)(H,19,20). The lowest BCUT2D eigenvalue weighted by atomic mass is 10.1. The topological polar surface area (TPSA) is 75.6 Å². The van der Waals surface area contributed by atoms with E-state index in [4.69, 9.17) is 9.84 Å². The number of aryl methyl sites for hydroxylation is 1. The summed E-state index contributed by atoms with van der Waals surface area (Å²) < 4.78 is 6.00. The molecule has 0 saturated carbocycles. The number of amides is 1. The van der Waals surface area contributed by atoms with Crippen LogP contribution in [0.4, 0.5) is 0 Å². The van der Waals surface area contributed by atoms with Crippen LogP contribution in [-0.4, -0.2) is 30.1 Å². The Bertz CT molecular complexity index is 504. The molecule has 21 heavy (non-hydrogen) atoms. The summed E-state index contributed by atoms with van der Waals surface area (Å²) in [5.41, 5.74) is 1.02. The third kappa shape index (κ3) is 6.16. The van der Waals surface area contributed by atoms with Crippen molar-refractivity contribution in [2.45, 2.75) is 38.6 Å². The fourth-order valence-electron chi connectivity index (χ4n) is 1.93. The summed E-state index contributed by atoms with van der Waals surface area (Å²) in [7, 11) is 1.60. The van der Waals surface area contributed by atoms with Crippen molar-refractivity contribution in [2.75, 3.05) is 7.11 Å². The van der Waals surface area contributed by atoms with Gasteiger partial charge in [-0.05, 0) is 46.5 Å². The molecule has 0 aliphatic rings. The van der Waals surface area contributed by atoms with Crippen molar-refractivity contribution in [3.63, 3.8) is 0 Å². The Kier molecular flexibility index (Phi) is 7.22. The van der Waals surface area contributed by atoms with Gasteiger partial charge in [-0.2, -0.15) is 0 Å². The van der Waals surface area contributed by atoms with Gasteiger partial charge >= 0.3 is 5.97 Å². The first-order valence-electron chi connectivity index (χ1n) is 6.79. The van der Waals surface area contributed by atoms with Gasteiger partial charge in [-0.3, -0.25) is 9.59 Å². The molecule has 1 unspecified atom stereocenters. The lowest BCUT2D eigenvalue weighted by molar-refractivity contribution is -0.137. The molecule has 0 fully saturated rings. The Morgan fingerprint density at radius 2 is 2.14 bits per heavy atom. The van der Waals surface area contributed by atoms with Crippen LogP contribution in [-0.2, 0) is 16.0 Å². The molecule has 0 saturated heterocycles. The highest BCUT2D eigenvalue weighted by Crippen LogP contribution is 2.25. The van der Waals surface area contributed by atoms with Crippen LogP contribution in [0.3, 0.4) is 0 Å². The number of carboxylic acids is 1. The minimum atomic E-state index is -0.902. The van der Waals surface area contributed by atoms with Crippen LogP contribution >= 0.6 is 15.9 Å². The van der Waals surface area contributed by atoms with Crippen molar-refractivity contribution in [1.82, 2.24) is 5.32 Å². The van der Waals surface area contributed by atoms with Gasteiger partial charge in [-0.25, -0.2) is 0 Å². The first-order valence-corrected chi connectivity index (χ1v) is 7.59. The summed E-state index contributed by atoms with van der Waals surface area (Å²) >= 11 is 3.40. The summed E-state index contributed by atoms with van der Waals surface area (Å²) in [5, 5.41) is 11.5. The summed E-state index contributed by atoms with van der Waals surface area (Å²) in [6, 6.07) is 5.36. The van der Waals surface area contributed by atoms with Gasteiger partial charge in [0.2, 0.25) is 5.91 Å². The van der Waals surface area contributed by atoms with E-state index in [2.05, 4.69) is 21.2 Å². The minimum Gasteiger partial charge on any atom is -0.496 e. The van der Waals surface area contributed by atoms with Crippen LogP contribution in [0.5, 0.6) is 5.75 Å². The van der Waals surface area contributed by atoms with Gasteiger partial charge in [-0.15, -0.1) is 0 Å².